The summed E-state index contributed by atoms with van der Waals surface area (Å²) in [5.74, 6) is 0.667. The lowest BCUT2D eigenvalue weighted by molar-refractivity contribution is 0.306. The molecule has 0 heterocycles. The van der Waals surface area contributed by atoms with Crippen molar-refractivity contribution in [3.8, 4) is 5.75 Å². The number of benzene rings is 1. The molecule has 0 aliphatic rings. The first-order valence-corrected chi connectivity index (χ1v) is 8.14. The van der Waals surface area contributed by atoms with Gasteiger partial charge in [0, 0.05) is 10.7 Å². The average Bonchev–Trinajstić information content (AvgIpc) is 2.24. The molecule has 0 bridgehead atoms. The van der Waals surface area contributed by atoms with Gasteiger partial charge < -0.3 is 4.74 Å². The highest BCUT2D eigenvalue weighted by Gasteiger charge is 2.04. The second-order valence-electron chi connectivity index (χ2n) is 3.58. The Balaban J connectivity index is 2.15. The van der Waals surface area contributed by atoms with Gasteiger partial charge in [0.25, 0.3) is 0 Å². The van der Waals surface area contributed by atoms with E-state index >= 15 is 0 Å². The van der Waals surface area contributed by atoms with Gasteiger partial charge in [-0.15, -0.1) is 0 Å². The lowest BCUT2D eigenvalue weighted by Gasteiger charge is -2.07. The number of hydrogen-bond donors (Lipinski definition) is 0. The minimum absolute atomic E-state index is 0.0145. The van der Waals surface area contributed by atoms with Gasteiger partial charge in [-0.2, -0.15) is 0 Å². The predicted molar refractivity (Wildman–Crippen MR) is 70.4 cm³/mol. The van der Waals surface area contributed by atoms with Crippen molar-refractivity contribution in [2.45, 2.75) is 19.3 Å². The Bertz CT molecular complexity index is 446. The smallest absolute Gasteiger partial charge is 0.232 e. The average molecular weight is 297 g/mol. The van der Waals surface area contributed by atoms with E-state index in [0.29, 0.717) is 23.8 Å². The molecule has 17 heavy (non-hydrogen) atoms. The lowest BCUT2D eigenvalue weighted by atomic mass is 10.3. The Labute approximate surface area is 111 Å². The number of rotatable bonds is 7. The second kappa shape index (κ2) is 7.09. The highest BCUT2D eigenvalue weighted by Crippen LogP contribution is 2.23. The van der Waals surface area contributed by atoms with Crippen LogP contribution in [0.15, 0.2) is 24.3 Å². The normalized spacial score (nSPS) is 11.4. The summed E-state index contributed by atoms with van der Waals surface area (Å²) < 4.78 is 26.7. The quantitative estimate of drug-likeness (QED) is 0.572. The molecule has 1 aromatic rings. The third-order valence-corrected chi connectivity index (χ3v) is 3.68. The van der Waals surface area contributed by atoms with Gasteiger partial charge in [0.05, 0.1) is 17.4 Å². The van der Waals surface area contributed by atoms with E-state index in [-0.39, 0.29) is 5.75 Å². The lowest BCUT2D eigenvalue weighted by Crippen LogP contribution is -2.01. The molecule has 0 aromatic heterocycles. The summed E-state index contributed by atoms with van der Waals surface area (Å²) in [6.45, 7) is 0.520. The minimum atomic E-state index is -3.36. The van der Waals surface area contributed by atoms with Crippen LogP contribution in [0, 0.1) is 0 Å². The fourth-order valence-electron chi connectivity index (χ4n) is 1.30. The zero-order chi connectivity index (χ0) is 12.7. The highest BCUT2D eigenvalue weighted by molar-refractivity contribution is 8.13. The number of para-hydroxylation sites is 1. The van der Waals surface area contributed by atoms with Crippen LogP contribution in [-0.4, -0.2) is 20.8 Å². The minimum Gasteiger partial charge on any atom is -0.492 e. The first-order chi connectivity index (χ1) is 7.99. The third kappa shape index (κ3) is 6.76. The van der Waals surface area contributed by atoms with Crippen LogP contribution in [0.1, 0.15) is 19.3 Å². The Hall–Kier alpha value is -0.450. The van der Waals surface area contributed by atoms with Crippen LogP contribution in [0.2, 0.25) is 5.02 Å². The zero-order valence-electron chi connectivity index (χ0n) is 9.23. The molecule has 0 aliphatic carbocycles. The molecule has 0 aliphatic heterocycles. The molecule has 3 nitrogen and oxygen atoms in total. The molecule has 0 N–H and O–H groups in total. The molecule has 0 saturated heterocycles. The van der Waals surface area contributed by atoms with E-state index in [4.69, 9.17) is 27.0 Å². The fourth-order valence-corrected chi connectivity index (χ4v) is 2.36. The van der Waals surface area contributed by atoms with E-state index in [1.54, 1.807) is 12.1 Å². The number of halogens is 2. The van der Waals surface area contributed by atoms with Gasteiger partial charge in [-0.3, -0.25) is 0 Å². The summed E-state index contributed by atoms with van der Waals surface area (Å²) in [4.78, 5) is 0. The van der Waals surface area contributed by atoms with Gasteiger partial charge in [-0.25, -0.2) is 8.42 Å². The van der Waals surface area contributed by atoms with Crippen molar-refractivity contribution in [3.63, 3.8) is 0 Å². The Kier molecular flexibility index (Phi) is 6.09. The molecule has 0 fully saturated rings. The van der Waals surface area contributed by atoms with E-state index in [2.05, 4.69) is 0 Å². The molecular formula is C11H14Cl2O3S. The summed E-state index contributed by atoms with van der Waals surface area (Å²) >= 11 is 5.90. The standard InChI is InChI=1S/C11H14Cl2O3S/c12-10-6-2-3-7-11(10)16-8-4-1-5-9-17(13,14)15/h2-3,6-7H,1,4-5,8-9H2. The first-order valence-electron chi connectivity index (χ1n) is 5.29. The van der Waals surface area contributed by atoms with E-state index < -0.39 is 9.05 Å². The third-order valence-electron chi connectivity index (χ3n) is 2.13. The molecule has 0 saturated carbocycles. The molecule has 0 amide bonds. The SMILES string of the molecule is O=S(=O)(Cl)CCCCCOc1ccccc1Cl. The summed E-state index contributed by atoms with van der Waals surface area (Å²) in [5, 5.41) is 0.579. The summed E-state index contributed by atoms with van der Waals surface area (Å²) in [7, 11) is 1.73. The summed E-state index contributed by atoms with van der Waals surface area (Å²) in [6, 6.07) is 7.24. The van der Waals surface area contributed by atoms with Gasteiger partial charge >= 0.3 is 0 Å². The van der Waals surface area contributed by atoms with Crippen molar-refractivity contribution in [2.75, 3.05) is 12.4 Å². The molecule has 0 spiro atoms. The van der Waals surface area contributed by atoms with Gasteiger partial charge in [-0.1, -0.05) is 23.7 Å². The van der Waals surface area contributed by atoms with Crippen LogP contribution < -0.4 is 4.74 Å². The van der Waals surface area contributed by atoms with Crippen LogP contribution in [-0.2, 0) is 9.05 Å². The molecular weight excluding hydrogens is 283 g/mol. The summed E-state index contributed by atoms with van der Waals surface area (Å²) in [5.41, 5.74) is 0. The molecule has 0 atom stereocenters. The predicted octanol–water partition coefficient (Wildman–Crippen LogP) is 3.46. The van der Waals surface area contributed by atoms with Crippen molar-refractivity contribution in [1.29, 1.82) is 0 Å². The van der Waals surface area contributed by atoms with Crippen LogP contribution in [0.25, 0.3) is 0 Å². The Morgan fingerprint density at radius 2 is 1.82 bits per heavy atom. The van der Waals surface area contributed by atoms with Crippen molar-refractivity contribution in [1.82, 2.24) is 0 Å². The van der Waals surface area contributed by atoms with Crippen LogP contribution in [0.5, 0.6) is 5.75 Å². The summed E-state index contributed by atoms with van der Waals surface area (Å²) in [6.07, 6.45) is 2.09. The van der Waals surface area contributed by atoms with Crippen molar-refractivity contribution >= 4 is 31.3 Å². The van der Waals surface area contributed by atoms with Crippen molar-refractivity contribution in [2.24, 2.45) is 0 Å². The van der Waals surface area contributed by atoms with Crippen LogP contribution in [0.3, 0.4) is 0 Å². The van der Waals surface area contributed by atoms with Crippen LogP contribution >= 0.6 is 22.3 Å². The highest BCUT2D eigenvalue weighted by atomic mass is 35.7. The first kappa shape index (κ1) is 14.6. The number of ether oxygens (including phenoxy) is 1. The fraction of sp³-hybridized carbons (Fsp3) is 0.455. The largest absolute Gasteiger partial charge is 0.492 e. The monoisotopic (exact) mass is 296 g/mol. The second-order valence-corrected chi connectivity index (χ2v) is 6.89. The topological polar surface area (TPSA) is 43.4 Å². The van der Waals surface area contributed by atoms with E-state index in [9.17, 15) is 8.42 Å². The van der Waals surface area contributed by atoms with Gasteiger partial charge in [0.15, 0.2) is 0 Å². The maximum absolute atomic E-state index is 10.6. The molecule has 1 aromatic carbocycles. The van der Waals surface area contributed by atoms with Gasteiger partial charge in [-0.05, 0) is 31.4 Å². The number of unbranched alkanes of at least 4 members (excludes halogenated alkanes) is 2. The Morgan fingerprint density at radius 3 is 2.47 bits per heavy atom. The van der Waals surface area contributed by atoms with E-state index in [1.807, 2.05) is 12.1 Å². The van der Waals surface area contributed by atoms with Crippen molar-refractivity contribution < 1.29 is 13.2 Å². The molecule has 6 heteroatoms. The van der Waals surface area contributed by atoms with Crippen molar-refractivity contribution in [3.05, 3.63) is 29.3 Å². The van der Waals surface area contributed by atoms with E-state index in [1.165, 1.54) is 0 Å². The maximum atomic E-state index is 10.6. The number of hydrogen-bond acceptors (Lipinski definition) is 3. The Morgan fingerprint density at radius 1 is 1.12 bits per heavy atom. The van der Waals surface area contributed by atoms with E-state index in [0.717, 1.165) is 12.8 Å². The molecule has 96 valence electrons. The van der Waals surface area contributed by atoms with Gasteiger partial charge in [0.1, 0.15) is 5.75 Å². The zero-order valence-corrected chi connectivity index (χ0v) is 11.6. The van der Waals surface area contributed by atoms with Gasteiger partial charge in [0.2, 0.25) is 9.05 Å². The maximum Gasteiger partial charge on any atom is 0.232 e. The molecule has 1 rings (SSSR count). The molecule has 0 radical (unpaired) electrons. The molecule has 0 unspecified atom stereocenters. The van der Waals surface area contributed by atoms with Crippen LogP contribution in [0.4, 0.5) is 0 Å².